The molecule has 0 aliphatic heterocycles. The van der Waals surface area contributed by atoms with Gasteiger partial charge in [0.15, 0.2) is 0 Å². The van der Waals surface area contributed by atoms with Crippen LogP contribution in [0.3, 0.4) is 0 Å². The van der Waals surface area contributed by atoms with Crippen LogP contribution in [0.4, 0.5) is 5.69 Å². The molecule has 2 rings (SSSR count). The minimum atomic E-state index is -0.443. The van der Waals surface area contributed by atoms with E-state index < -0.39 is 5.92 Å². The first-order valence-corrected chi connectivity index (χ1v) is 7.76. The van der Waals surface area contributed by atoms with E-state index in [1.807, 2.05) is 31.2 Å². The molecule has 0 fully saturated rings. The fraction of sp³-hybridized carbons (Fsp3) is 0.263. The topological polar surface area (TPSA) is 81.4 Å². The van der Waals surface area contributed by atoms with Gasteiger partial charge in [-0.05, 0) is 37.1 Å². The second-order valence-corrected chi connectivity index (χ2v) is 5.75. The maximum atomic E-state index is 12.2. The molecule has 1 amide bonds. The van der Waals surface area contributed by atoms with Gasteiger partial charge in [0.1, 0.15) is 0 Å². The van der Waals surface area contributed by atoms with E-state index in [0.717, 1.165) is 11.1 Å². The Morgan fingerprint density at radius 3 is 2.52 bits per heavy atom. The smallest absolute Gasteiger partial charge is 0.310 e. The van der Waals surface area contributed by atoms with Crippen molar-refractivity contribution in [1.82, 2.24) is 5.32 Å². The van der Waals surface area contributed by atoms with Crippen LogP contribution in [-0.4, -0.2) is 25.5 Å². The van der Waals surface area contributed by atoms with Gasteiger partial charge >= 0.3 is 5.97 Å². The number of nitrogens with two attached hydrogens (primary N) is 1. The SMILES string of the molecule is COC(=O)C(CNC(=O)c1cccc(N)c1)Cc1cccc(C)c1.Cl. The van der Waals surface area contributed by atoms with Crippen molar-refractivity contribution in [1.29, 1.82) is 0 Å². The van der Waals surface area contributed by atoms with E-state index in [1.165, 1.54) is 7.11 Å². The number of ether oxygens (including phenoxy) is 1. The van der Waals surface area contributed by atoms with E-state index in [1.54, 1.807) is 24.3 Å². The molecular formula is C19H23ClN2O3. The molecule has 1 atom stereocenters. The highest BCUT2D eigenvalue weighted by atomic mass is 35.5. The maximum absolute atomic E-state index is 12.2. The highest BCUT2D eigenvalue weighted by molar-refractivity contribution is 5.95. The van der Waals surface area contributed by atoms with Gasteiger partial charge in [-0.1, -0.05) is 35.9 Å². The Bertz CT molecular complexity index is 734. The molecule has 0 saturated carbocycles. The van der Waals surface area contributed by atoms with Crippen LogP contribution in [0.15, 0.2) is 48.5 Å². The van der Waals surface area contributed by atoms with Gasteiger partial charge in [0, 0.05) is 17.8 Å². The summed E-state index contributed by atoms with van der Waals surface area (Å²) in [6.07, 6.45) is 0.506. The van der Waals surface area contributed by atoms with Crippen molar-refractivity contribution in [3.8, 4) is 0 Å². The first-order valence-electron chi connectivity index (χ1n) is 7.76. The fourth-order valence-electron chi connectivity index (χ4n) is 2.53. The molecule has 0 heterocycles. The number of benzene rings is 2. The predicted molar refractivity (Wildman–Crippen MR) is 101 cm³/mol. The second-order valence-electron chi connectivity index (χ2n) is 5.75. The summed E-state index contributed by atoms with van der Waals surface area (Å²) in [4.78, 5) is 24.2. The molecule has 0 radical (unpaired) electrons. The van der Waals surface area contributed by atoms with Gasteiger partial charge in [-0.15, -0.1) is 12.4 Å². The number of hydrogen-bond donors (Lipinski definition) is 2. The number of nitrogen functional groups attached to an aromatic ring is 1. The Hall–Kier alpha value is -2.53. The van der Waals surface area contributed by atoms with Crippen molar-refractivity contribution in [2.75, 3.05) is 19.4 Å². The third-order valence-corrected chi connectivity index (χ3v) is 3.76. The molecule has 2 aromatic carbocycles. The average Bonchev–Trinajstić information content (AvgIpc) is 2.57. The van der Waals surface area contributed by atoms with Crippen molar-refractivity contribution in [3.63, 3.8) is 0 Å². The van der Waals surface area contributed by atoms with Crippen LogP contribution in [0.1, 0.15) is 21.5 Å². The Morgan fingerprint density at radius 1 is 1.16 bits per heavy atom. The van der Waals surface area contributed by atoms with Crippen LogP contribution in [-0.2, 0) is 16.0 Å². The molecular weight excluding hydrogens is 340 g/mol. The number of halogens is 1. The lowest BCUT2D eigenvalue weighted by molar-refractivity contribution is -0.145. The Kier molecular flexibility index (Phi) is 7.95. The largest absolute Gasteiger partial charge is 0.469 e. The summed E-state index contributed by atoms with van der Waals surface area (Å²) >= 11 is 0. The van der Waals surface area contributed by atoms with E-state index in [4.69, 9.17) is 10.5 Å². The van der Waals surface area contributed by atoms with E-state index in [2.05, 4.69) is 5.32 Å². The summed E-state index contributed by atoms with van der Waals surface area (Å²) in [6, 6.07) is 14.6. The average molecular weight is 363 g/mol. The zero-order valence-electron chi connectivity index (χ0n) is 14.3. The Balaban J connectivity index is 0.00000312. The quantitative estimate of drug-likeness (QED) is 0.611. The summed E-state index contributed by atoms with van der Waals surface area (Å²) in [5, 5.41) is 2.78. The molecule has 0 saturated heterocycles. The van der Waals surface area contributed by atoms with Gasteiger partial charge in [-0.2, -0.15) is 0 Å². The lowest BCUT2D eigenvalue weighted by Crippen LogP contribution is -2.34. The molecule has 1 unspecified atom stereocenters. The molecule has 3 N–H and O–H groups in total. The van der Waals surface area contributed by atoms with E-state index in [-0.39, 0.29) is 30.8 Å². The number of rotatable bonds is 6. The van der Waals surface area contributed by atoms with Crippen molar-refractivity contribution in [2.45, 2.75) is 13.3 Å². The molecule has 6 heteroatoms. The monoisotopic (exact) mass is 362 g/mol. The number of methoxy groups -OCH3 is 1. The highest BCUT2D eigenvalue weighted by Gasteiger charge is 2.21. The number of esters is 1. The molecule has 0 aromatic heterocycles. The standard InChI is InChI=1S/C19H22N2O3.ClH/c1-13-5-3-6-14(9-13)10-16(19(23)24-2)12-21-18(22)15-7-4-8-17(20)11-15;/h3-9,11,16H,10,12,20H2,1-2H3,(H,21,22);1H. The van der Waals surface area contributed by atoms with Gasteiger partial charge in [0.25, 0.3) is 5.91 Å². The minimum Gasteiger partial charge on any atom is -0.469 e. The van der Waals surface area contributed by atoms with Gasteiger partial charge in [-0.25, -0.2) is 0 Å². The van der Waals surface area contributed by atoms with E-state index >= 15 is 0 Å². The normalized spacial score (nSPS) is 11.1. The second kappa shape index (κ2) is 9.69. The van der Waals surface area contributed by atoms with Crippen LogP contribution >= 0.6 is 12.4 Å². The van der Waals surface area contributed by atoms with Crippen molar-refractivity contribution in [3.05, 3.63) is 65.2 Å². The van der Waals surface area contributed by atoms with Crippen LogP contribution in [0.2, 0.25) is 0 Å². The molecule has 0 spiro atoms. The molecule has 25 heavy (non-hydrogen) atoms. The van der Waals surface area contributed by atoms with Gasteiger partial charge in [-0.3, -0.25) is 9.59 Å². The highest BCUT2D eigenvalue weighted by Crippen LogP contribution is 2.13. The summed E-state index contributed by atoms with van der Waals surface area (Å²) in [6.45, 7) is 2.20. The molecule has 2 aromatic rings. The Labute approximate surface area is 154 Å². The lowest BCUT2D eigenvalue weighted by atomic mass is 9.98. The van der Waals surface area contributed by atoms with E-state index in [0.29, 0.717) is 17.7 Å². The van der Waals surface area contributed by atoms with Crippen LogP contribution in [0.5, 0.6) is 0 Å². The number of carbonyl (C=O) groups is 2. The zero-order chi connectivity index (χ0) is 17.5. The number of amides is 1. The number of carbonyl (C=O) groups excluding carboxylic acids is 2. The fourth-order valence-corrected chi connectivity index (χ4v) is 2.53. The first-order chi connectivity index (χ1) is 11.5. The van der Waals surface area contributed by atoms with Crippen LogP contribution in [0.25, 0.3) is 0 Å². The van der Waals surface area contributed by atoms with Crippen molar-refractivity contribution in [2.24, 2.45) is 5.92 Å². The third kappa shape index (κ3) is 6.12. The maximum Gasteiger partial charge on any atom is 0.310 e. The molecule has 0 aliphatic rings. The summed E-state index contributed by atoms with van der Waals surface area (Å²) in [5.74, 6) is -1.05. The van der Waals surface area contributed by atoms with Gasteiger partial charge in [0.2, 0.25) is 0 Å². The summed E-state index contributed by atoms with van der Waals surface area (Å²) in [7, 11) is 1.35. The molecule has 5 nitrogen and oxygen atoms in total. The van der Waals surface area contributed by atoms with Crippen molar-refractivity contribution >= 4 is 30.0 Å². The van der Waals surface area contributed by atoms with Crippen LogP contribution in [0, 0.1) is 12.8 Å². The Morgan fingerprint density at radius 2 is 1.88 bits per heavy atom. The number of aryl methyl sites for hydroxylation is 1. The van der Waals surface area contributed by atoms with Gasteiger partial charge in [0.05, 0.1) is 13.0 Å². The molecule has 134 valence electrons. The number of hydrogen-bond acceptors (Lipinski definition) is 4. The lowest BCUT2D eigenvalue weighted by Gasteiger charge is -2.16. The third-order valence-electron chi connectivity index (χ3n) is 3.76. The minimum absolute atomic E-state index is 0. The van der Waals surface area contributed by atoms with E-state index in [9.17, 15) is 9.59 Å². The molecule has 0 bridgehead atoms. The summed E-state index contributed by atoms with van der Waals surface area (Å²) in [5.41, 5.74) is 8.83. The number of anilines is 1. The van der Waals surface area contributed by atoms with Crippen molar-refractivity contribution < 1.29 is 14.3 Å². The predicted octanol–water partition coefficient (Wildman–Crippen LogP) is 2.76. The van der Waals surface area contributed by atoms with Gasteiger partial charge < -0.3 is 15.8 Å². The zero-order valence-corrected chi connectivity index (χ0v) is 15.1. The first kappa shape index (κ1) is 20.5. The number of nitrogens with one attached hydrogen (secondary N) is 1. The van der Waals surface area contributed by atoms with Crippen LogP contribution < -0.4 is 11.1 Å². The molecule has 0 aliphatic carbocycles. The summed E-state index contributed by atoms with van der Waals surface area (Å²) < 4.78 is 4.86.